The van der Waals surface area contributed by atoms with Crippen molar-refractivity contribution in [1.82, 2.24) is 5.32 Å². The van der Waals surface area contributed by atoms with E-state index >= 15 is 0 Å². The Morgan fingerprint density at radius 2 is 0.967 bits per heavy atom. The van der Waals surface area contributed by atoms with Gasteiger partial charge in [-0.05, 0) is 44.9 Å². The highest BCUT2D eigenvalue weighted by molar-refractivity contribution is 5.80. The van der Waals surface area contributed by atoms with Crippen LogP contribution in [-0.2, 0) is 14.3 Å². The topological polar surface area (TPSA) is 169 Å². The van der Waals surface area contributed by atoms with Gasteiger partial charge < -0.3 is 45.4 Å². The molecule has 1 aliphatic rings. The van der Waals surface area contributed by atoms with Crippen LogP contribution in [0.2, 0.25) is 0 Å². The Bertz CT molecular complexity index is 1010. The highest BCUT2D eigenvalue weighted by atomic mass is 16.7. The fraction of sp³-hybridized carbons (Fsp3) is 0.900. The van der Waals surface area contributed by atoms with Crippen LogP contribution in [-0.4, -0.2) is 98.7 Å². The van der Waals surface area contributed by atoms with Gasteiger partial charge in [0.1, 0.15) is 30.5 Å². The summed E-state index contributed by atoms with van der Waals surface area (Å²) in [5.41, 5.74) is 0. The number of hydrogen-bond donors (Lipinski definition) is 7. The molecule has 0 spiro atoms. The molecule has 1 rings (SSSR count). The SMILES string of the molecule is CCCCCCCCCCCCC/C=C\CCCCCCCCC(O)C(=O)NC(COC1OC(CO)C(O)C(O)C1O)C(O)/C=C/CCCCCCCCCCCCCC. The van der Waals surface area contributed by atoms with E-state index in [4.69, 9.17) is 9.47 Å². The zero-order valence-electron chi connectivity index (χ0n) is 38.6. The summed E-state index contributed by atoms with van der Waals surface area (Å²) in [6.07, 6.45) is 38.3. The van der Waals surface area contributed by atoms with E-state index in [1.165, 1.54) is 154 Å². The lowest BCUT2D eigenvalue weighted by atomic mass is 9.99. The fourth-order valence-corrected chi connectivity index (χ4v) is 7.98. The molecule has 0 aliphatic carbocycles. The monoisotopic (exact) mass is 854 g/mol. The number of hydrogen-bond acceptors (Lipinski definition) is 9. The molecular weight excluding hydrogens is 759 g/mol. The Hall–Kier alpha value is -1.37. The lowest BCUT2D eigenvalue weighted by Crippen LogP contribution is -2.60. The predicted molar refractivity (Wildman–Crippen MR) is 246 cm³/mol. The maximum absolute atomic E-state index is 13.1. The van der Waals surface area contributed by atoms with E-state index in [2.05, 4.69) is 31.3 Å². The van der Waals surface area contributed by atoms with E-state index in [0.29, 0.717) is 12.8 Å². The van der Waals surface area contributed by atoms with Crippen LogP contribution >= 0.6 is 0 Å². The zero-order valence-corrected chi connectivity index (χ0v) is 38.6. The minimum Gasteiger partial charge on any atom is -0.394 e. The smallest absolute Gasteiger partial charge is 0.249 e. The Balaban J connectivity index is 2.35. The first-order chi connectivity index (χ1) is 29.3. The maximum Gasteiger partial charge on any atom is 0.249 e. The van der Waals surface area contributed by atoms with E-state index in [9.17, 15) is 35.4 Å². The number of ether oxygens (including phenoxy) is 2. The minimum absolute atomic E-state index is 0.304. The van der Waals surface area contributed by atoms with Gasteiger partial charge >= 0.3 is 0 Å². The molecule has 8 atom stereocenters. The Morgan fingerprint density at radius 1 is 0.567 bits per heavy atom. The van der Waals surface area contributed by atoms with Gasteiger partial charge in [-0.15, -0.1) is 0 Å². The van der Waals surface area contributed by atoms with Crippen LogP contribution < -0.4 is 5.32 Å². The van der Waals surface area contributed by atoms with Gasteiger partial charge in [0.05, 0.1) is 25.4 Å². The van der Waals surface area contributed by atoms with Crippen molar-refractivity contribution in [3.8, 4) is 0 Å². The van der Waals surface area contributed by atoms with Crippen LogP contribution in [0.4, 0.5) is 0 Å². The number of unbranched alkanes of at least 4 members (excludes halogenated alkanes) is 29. The third-order valence-electron chi connectivity index (χ3n) is 12.1. The highest BCUT2D eigenvalue weighted by Gasteiger charge is 2.44. The molecule has 1 amide bonds. The van der Waals surface area contributed by atoms with Gasteiger partial charge in [-0.1, -0.05) is 205 Å². The van der Waals surface area contributed by atoms with Crippen LogP contribution in [0, 0.1) is 0 Å². The molecule has 1 heterocycles. The number of carbonyl (C=O) groups excluding carboxylic acids is 1. The van der Waals surface area contributed by atoms with E-state index < -0.39 is 61.5 Å². The van der Waals surface area contributed by atoms with Crippen LogP contribution in [0.1, 0.15) is 226 Å². The van der Waals surface area contributed by atoms with Crippen molar-refractivity contribution < 1.29 is 44.9 Å². The second-order valence-electron chi connectivity index (χ2n) is 17.8. The Morgan fingerprint density at radius 3 is 1.40 bits per heavy atom. The molecule has 1 aliphatic heterocycles. The van der Waals surface area contributed by atoms with Gasteiger partial charge in [0, 0.05) is 0 Å². The molecule has 10 heteroatoms. The van der Waals surface area contributed by atoms with E-state index in [1.807, 2.05) is 6.08 Å². The van der Waals surface area contributed by atoms with Crippen LogP contribution in [0.25, 0.3) is 0 Å². The number of allylic oxidation sites excluding steroid dienone is 3. The van der Waals surface area contributed by atoms with Crippen molar-refractivity contribution in [2.75, 3.05) is 13.2 Å². The van der Waals surface area contributed by atoms with Crippen molar-refractivity contribution in [3.63, 3.8) is 0 Å². The van der Waals surface area contributed by atoms with E-state index in [1.54, 1.807) is 6.08 Å². The summed E-state index contributed by atoms with van der Waals surface area (Å²) in [7, 11) is 0. The third-order valence-corrected chi connectivity index (χ3v) is 12.1. The maximum atomic E-state index is 13.1. The Labute approximate surface area is 367 Å². The lowest BCUT2D eigenvalue weighted by Gasteiger charge is -2.40. The molecule has 0 bridgehead atoms. The minimum atomic E-state index is -1.61. The second-order valence-corrected chi connectivity index (χ2v) is 17.8. The van der Waals surface area contributed by atoms with Gasteiger partial charge in [0.2, 0.25) is 5.91 Å². The molecule has 0 aromatic heterocycles. The molecule has 0 saturated carbocycles. The highest BCUT2D eigenvalue weighted by Crippen LogP contribution is 2.23. The van der Waals surface area contributed by atoms with Gasteiger partial charge in [-0.3, -0.25) is 4.79 Å². The molecule has 1 saturated heterocycles. The standard InChI is InChI=1S/C50H95NO9/c1-3-5-7-9-11-13-15-17-19-20-21-22-23-24-25-27-29-31-33-35-37-39-44(54)49(58)51-42(41-59-50-48(57)47(56)46(55)45(40-52)60-50)43(53)38-36-34-32-30-28-26-18-16-14-12-10-8-6-4-2/h23-24,36,38,42-48,50,52-57H,3-22,25-35,37,39-41H2,1-2H3,(H,51,58)/b24-23-,38-36+. The van der Waals surface area contributed by atoms with E-state index in [-0.39, 0.29) is 6.61 Å². The van der Waals surface area contributed by atoms with Gasteiger partial charge in [-0.25, -0.2) is 0 Å². The molecule has 1 fully saturated rings. The number of aliphatic hydroxyl groups is 6. The summed E-state index contributed by atoms with van der Waals surface area (Å²) < 4.78 is 11.1. The van der Waals surface area contributed by atoms with E-state index in [0.717, 1.165) is 44.9 Å². The molecule has 7 N–H and O–H groups in total. The third kappa shape index (κ3) is 29.8. The summed E-state index contributed by atoms with van der Waals surface area (Å²) in [6.45, 7) is 3.61. The molecule has 8 unspecified atom stereocenters. The van der Waals surface area contributed by atoms with Gasteiger partial charge in [0.25, 0.3) is 0 Å². The average Bonchev–Trinajstić information content (AvgIpc) is 3.25. The fourth-order valence-electron chi connectivity index (χ4n) is 7.98. The van der Waals surface area contributed by atoms with Crippen molar-refractivity contribution in [1.29, 1.82) is 0 Å². The first-order valence-corrected chi connectivity index (χ1v) is 25.2. The summed E-state index contributed by atoms with van der Waals surface area (Å²) in [6, 6.07) is -0.980. The zero-order chi connectivity index (χ0) is 43.9. The van der Waals surface area contributed by atoms with Crippen LogP contribution in [0.15, 0.2) is 24.3 Å². The molecule has 60 heavy (non-hydrogen) atoms. The van der Waals surface area contributed by atoms with Crippen molar-refractivity contribution in [2.24, 2.45) is 0 Å². The average molecular weight is 854 g/mol. The van der Waals surface area contributed by atoms with Crippen molar-refractivity contribution in [3.05, 3.63) is 24.3 Å². The number of nitrogens with one attached hydrogen (secondary N) is 1. The largest absolute Gasteiger partial charge is 0.394 e. The summed E-state index contributed by atoms with van der Waals surface area (Å²) in [4.78, 5) is 13.1. The molecule has 0 aromatic rings. The van der Waals surface area contributed by atoms with Crippen molar-refractivity contribution >= 4 is 5.91 Å². The quantitative estimate of drug-likeness (QED) is 0.0233. The molecular formula is C50H95NO9. The Kier molecular flexibility index (Phi) is 38.1. The second kappa shape index (κ2) is 40.4. The molecule has 354 valence electrons. The summed E-state index contributed by atoms with van der Waals surface area (Å²) >= 11 is 0. The first kappa shape index (κ1) is 56.6. The molecule has 0 aromatic carbocycles. The number of rotatable bonds is 42. The summed E-state index contributed by atoms with van der Waals surface area (Å²) in [5, 5.41) is 64.8. The summed E-state index contributed by atoms with van der Waals surface area (Å²) in [5.74, 6) is -0.620. The van der Waals surface area contributed by atoms with Crippen LogP contribution in [0.3, 0.4) is 0 Å². The predicted octanol–water partition coefficient (Wildman–Crippen LogP) is 10.0. The number of aliphatic hydroxyl groups excluding tert-OH is 6. The molecule has 10 nitrogen and oxygen atoms in total. The lowest BCUT2D eigenvalue weighted by molar-refractivity contribution is -0.302. The number of carbonyl (C=O) groups is 1. The first-order valence-electron chi connectivity index (χ1n) is 25.2. The van der Waals surface area contributed by atoms with Gasteiger partial charge in [-0.2, -0.15) is 0 Å². The number of amides is 1. The normalized spacial score (nSPS) is 21.2. The van der Waals surface area contributed by atoms with Crippen LogP contribution in [0.5, 0.6) is 0 Å². The van der Waals surface area contributed by atoms with Gasteiger partial charge in [0.15, 0.2) is 6.29 Å². The van der Waals surface area contributed by atoms with Crippen molar-refractivity contribution in [2.45, 2.75) is 275 Å². The molecule has 0 radical (unpaired) electrons.